The number of carbonyl (C=O) groups excluding carboxylic acids is 2. The molecule has 0 bridgehead atoms. The Hall–Kier alpha value is -3.60. The summed E-state index contributed by atoms with van der Waals surface area (Å²) in [6.45, 7) is 1.59. The summed E-state index contributed by atoms with van der Waals surface area (Å²) in [5.74, 6) is -0.0200. The van der Waals surface area contributed by atoms with Gasteiger partial charge in [-0.1, -0.05) is 23.9 Å². The number of fused-ring (bicyclic) bond motifs is 1. The van der Waals surface area contributed by atoms with Gasteiger partial charge in [-0.2, -0.15) is 0 Å². The number of non-ortho nitro benzene ring substituents is 1. The molecule has 3 amide bonds. The summed E-state index contributed by atoms with van der Waals surface area (Å²) in [4.78, 5) is 38.2. The number of benzene rings is 2. The van der Waals surface area contributed by atoms with Crippen LogP contribution in [0, 0.1) is 10.1 Å². The average molecular weight is 415 g/mol. The number of urea groups is 1. The van der Waals surface area contributed by atoms with Gasteiger partial charge in [0.05, 0.1) is 34.0 Å². The highest BCUT2D eigenvalue weighted by Gasteiger charge is 2.23. The van der Waals surface area contributed by atoms with E-state index in [0.717, 1.165) is 11.8 Å². The molecule has 2 aromatic carbocycles. The number of nitrogens with zero attached hydrogens (tertiary/aromatic N) is 3. The van der Waals surface area contributed by atoms with E-state index in [0.29, 0.717) is 27.6 Å². The topological polar surface area (TPSA) is 142 Å². The Morgan fingerprint density at radius 2 is 2.03 bits per heavy atom. The number of primary amides is 1. The number of methoxy groups -OCH3 is 1. The maximum absolute atomic E-state index is 12.1. The van der Waals surface area contributed by atoms with Crippen LogP contribution in [0.15, 0.2) is 47.6 Å². The SMILES string of the molecule is COc1ccccc1-n1c(SC(C)C(=O)NC(N)=O)nc2cc([N+](=O)[O-])ccc21. The first-order valence-corrected chi connectivity index (χ1v) is 9.27. The smallest absolute Gasteiger partial charge is 0.318 e. The number of nitrogens with two attached hydrogens (primary N) is 1. The van der Waals surface area contributed by atoms with E-state index in [2.05, 4.69) is 4.98 Å². The zero-order valence-electron chi connectivity index (χ0n) is 15.5. The number of carbonyl (C=O) groups is 2. The van der Waals surface area contributed by atoms with Crippen LogP contribution in [0.1, 0.15) is 6.92 Å². The van der Waals surface area contributed by atoms with Crippen LogP contribution in [0.5, 0.6) is 5.75 Å². The van der Waals surface area contributed by atoms with Crippen LogP contribution in [0.3, 0.4) is 0 Å². The molecular weight excluding hydrogens is 398 g/mol. The summed E-state index contributed by atoms with van der Waals surface area (Å²) in [5, 5.41) is 12.9. The minimum atomic E-state index is -0.948. The highest BCUT2D eigenvalue weighted by molar-refractivity contribution is 8.00. The quantitative estimate of drug-likeness (QED) is 0.358. The number of thioether (sulfide) groups is 1. The van der Waals surface area contributed by atoms with Crippen LogP contribution < -0.4 is 15.8 Å². The molecule has 1 aromatic heterocycles. The second-order valence-corrected chi connectivity index (χ2v) is 7.25. The van der Waals surface area contributed by atoms with E-state index in [1.165, 1.54) is 19.2 Å². The van der Waals surface area contributed by atoms with E-state index in [9.17, 15) is 19.7 Å². The third-order valence-corrected chi connectivity index (χ3v) is 5.09. The van der Waals surface area contributed by atoms with Gasteiger partial charge in [-0.25, -0.2) is 9.78 Å². The monoisotopic (exact) mass is 415 g/mol. The lowest BCUT2D eigenvalue weighted by Crippen LogP contribution is -2.39. The zero-order valence-corrected chi connectivity index (χ0v) is 16.3. The first kappa shape index (κ1) is 20.1. The number of nitro benzene ring substituents is 1. The minimum absolute atomic E-state index is 0.0988. The molecule has 29 heavy (non-hydrogen) atoms. The third kappa shape index (κ3) is 4.14. The molecule has 0 fully saturated rings. The number of nitrogens with one attached hydrogen (secondary N) is 1. The molecule has 150 valence electrons. The average Bonchev–Trinajstić information content (AvgIpc) is 3.03. The van der Waals surface area contributed by atoms with Gasteiger partial charge in [0, 0.05) is 12.1 Å². The van der Waals surface area contributed by atoms with Crippen molar-refractivity contribution in [2.45, 2.75) is 17.3 Å². The van der Waals surface area contributed by atoms with Crippen molar-refractivity contribution < 1.29 is 19.2 Å². The number of imide groups is 1. The predicted octanol–water partition coefficient (Wildman–Crippen LogP) is 2.62. The number of ether oxygens (including phenoxy) is 1. The van der Waals surface area contributed by atoms with Gasteiger partial charge in [-0.15, -0.1) is 0 Å². The van der Waals surface area contributed by atoms with Gasteiger partial charge in [0.25, 0.3) is 5.69 Å². The fraction of sp³-hybridized carbons (Fsp3) is 0.167. The van der Waals surface area contributed by atoms with E-state index in [4.69, 9.17) is 10.5 Å². The molecule has 10 nitrogen and oxygen atoms in total. The molecule has 3 rings (SSSR count). The van der Waals surface area contributed by atoms with Gasteiger partial charge in [0.15, 0.2) is 5.16 Å². The zero-order chi connectivity index (χ0) is 21.1. The molecule has 11 heteroatoms. The van der Waals surface area contributed by atoms with Crippen molar-refractivity contribution >= 4 is 40.4 Å². The van der Waals surface area contributed by atoms with E-state index in [-0.39, 0.29) is 5.69 Å². The molecule has 0 saturated heterocycles. The van der Waals surface area contributed by atoms with Crippen molar-refractivity contribution in [1.82, 2.24) is 14.9 Å². The lowest BCUT2D eigenvalue weighted by molar-refractivity contribution is -0.384. The number of para-hydroxylation sites is 2. The Kier molecular flexibility index (Phi) is 5.69. The van der Waals surface area contributed by atoms with Gasteiger partial charge < -0.3 is 10.5 Å². The van der Waals surface area contributed by atoms with Crippen molar-refractivity contribution in [3.05, 3.63) is 52.6 Å². The molecular formula is C18H17N5O5S. The first-order valence-electron chi connectivity index (χ1n) is 8.39. The summed E-state index contributed by atoms with van der Waals surface area (Å²) >= 11 is 1.08. The maximum atomic E-state index is 12.1. The predicted molar refractivity (Wildman–Crippen MR) is 107 cm³/mol. The molecule has 0 radical (unpaired) electrons. The Morgan fingerprint density at radius 3 is 2.69 bits per heavy atom. The van der Waals surface area contributed by atoms with E-state index >= 15 is 0 Å². The van der Waals surface area contributed by atoms with Crippen LogP contribution in [0.2, 0.25) is 0 Å². The molecule has 1 atom stereocenters. The Labute approximate surface area is 169 Å². The molecule has 0 aliphatic rings. The number of hydrogen-bond donors (Lipinski definition) is 2. The number of amides is 3. The van der Waals surface area contributed by atoms with Crippen molar-refractivity contribution in [1.29, 1.82) is 0 Å². The number of rotatable bonds is 6. The normalized spacial score (nSPS) is 11.8. The highest BCUT2D eigenvalue weighted by Crippen LogP contribution is 2.35. The van der Waals surface area contributed by atoms with Crippen LogP contribution >= 0.6 is 11.8 Å². The number of hydrogen-bond acceptors (Lipinski definition) is 7. The lowest BCUT2D eigenvalue weighted by Gasteiger charge is -2.14. The summed E-state index contributed by atoms with van der Waals surface area (Å²) in [6.07, 6.45) is 0. The molecule has 0 aliphatic heterocycles. The first-order chi connectivity index (χ1) is 13.8. The molecule has 0 spiro atoms. The van der Waals surface area contributed by atoms with Crippen molar-refractivity contribution in [2.24, 2.45) is 5.73 Å². The Balaban J connectivity index is 2.15. The summed E-state index contributed by atoms with van der Waals surface area (Å²) in [7, 11) is 1.53. The second kappa shape index (κ2) is 8.19. The number of aromatic nitrogens is 2. The van der Waals surface area contributed by atoms with E-state index in [1.807, 2.05) is 17.4 Å². The van der Waals surface area contributed by atoms with Crippen LogP contribution in [-0.2, 0) is 4.79 Å². The summed E-state index contributed by atoms with van der Waals surface area (Å²) < 4.78 is 7.18. The molecule has 3 N–H and O–H groups in total. The lowest BCUT2D eigenvalue weighted by atomic mass is 10.2. The molecule has 1 heterocycles. The minimum Gasteiger partial charge on any atom is -0.495 e. The molecule has 1 unspecified atom stereocenters. The van der Waals surface area contributed by atoms with Gasteiger partial charge in [0.1, 0.15) is 5.75 Å². The fourth-order valence-corrected chi connectivity index (χ4v) is 3.66. The van der Waals surface area contributed by atoms with Gasteiger partial charge in [-0.05, 0) is 25.1 Å². The Bertz CT molecular complexity index is 1110. The summed E-state index contributed by atoms with van der Waals surface area (Å²) in [6, 6.07) is 10.6. The van der Waals surface area contributed by atoms with E-state index < -0.39 is 22.1 Å². The number of nitro groups is 1. The molecule has 0 aliphatic carbocycles. The highest BCUT2D eigenvalue weighted by atomic mass is 32.2. The number of imidazole rings is 1. The summed E-state index contributed by atoms with van der Waals surface area (Å²) in [5.41, 5.74) is 6.55. The molecule has 0 saturated carbocycles. The Morgan fingerprint density at radius 1 is 1.31 bits per heavy atom. The maximum Gasteiger partial charge on any atom is 0.318 e. The van der Waals surface area contributed by atoms with Crippen molar-refractivity contribution in [2.75, 3.05) is 7.11 Å². The van der Waals surface area contributed by atoms with Crippen LogP contribution in [-0.4, -0.2) is 38.8 Å². The van der Waals surface area contributed by atoms with Crippen molar-refractivity contribution in [3.8, 4) is 11.4 Å². The van der Waals surface area contributed by atoms with E-state index in [1.54, 1.807) is 29.7 Å². The van der Waals surface area contributed by atoms with Crippen molar-refractivity contribution in [3.63, 3.8) is 0 Å². The molecule has 3 aromatic rings. The standard InChI is InChI=1S/C18H17N5O5S/c1-10(16(24)21-17(19)25)29-18-20-12-9-11(23(26)27)7-8-13(12)22(18)14-5-3-4-6-15(14)28-2/h3-10H,1-2H3,(H3,19,21,24,25). The second-order valence-electron chi connectivity index (χ2n) is 5.95. The largest absolute Gasteiger partial charge is 0.495 e. The van der Waals surface area contributed by atoms with Gasteiger partial charge in [0.2, 0.25) is 5.91 Å². The van der Waals surface area contributed by atoms with Gasteiger partial charge in [-0.3, -0.25) is 24.8 Å². The van der Waals surface area contributed by atoms with Crippen LogP contribution in [0.4, 0.5) is 10.5 Å². The fourth-order valence-electron chi connectivity index (χ4n) is 2.72. The third-order valence-electron chi connectivity index (χ3n) is 4.04. The van der Waals surface area contributed by atoms with Crippen LogP contribution in [0.25, 0.3) is 16.7 Å². The van der Waals surface area contributed by atoms with Gasteiger partial charge >= 0.3 is 6.03 Å².